The van der Waals surface area contributed by atoms with Gasteiger partial charge in [-0.15, -0.1) is 12.4 Å². The van der Waals surface area contributed by atoms with Gasteiger partial charge < -0.3 is 19.6 Å². The van der Waals surface area contributed by atoms with Crippen LogP contribution in [0.3, 0.4) is 0 Å². The summed E-state index contributed by atoms with van der Waals surface area (Å²) in [5.74, 6) is 0. The number of benzene rings is 2. The van der Waals surface area contributed by atoms with Crippen molar-refractivity contribution >= 4 is 35.5 Å². The van der Waals surface area contributed by atoms with Crippen LogP contribution in [0.4, 0.5) is 11.4 Å². The van der Waals surface area contributed by atoms with Gasteiger partial charge in [-0.2, -0.15) is 0 Å². The van der Waals surface area contributed by atoms with E-state index in [9.17, 15) is 0 Å². The fourth-order valence-corrected chi connectivity index (χ4v) is 5.09. The topological polar surface area (TPSA) is 35.9 Å². The van der Waals surface area contributed by atoms with E-state index in [-0.39, 0.29) is 19.0 Å². The standard InChI is InChI=1S/C22H28N2O2S.ClH/c25-16-17-26-18-10-14-23(15-11-18)12-5-13-24-19-6-1-3-8-21(19)27-22-9-4-2-7-20(22)24;/h1-4,6-9,18,25H,5,10-17H2;1H. The highest BCUT2D eigenvalue weighted by Crippen LogP contribution is 2.47. The molecule has 0 spiro atoms. The Hall–Kier alpha value is -1.24. The van der Waals surface area contributed by atoms with Crippen molar-refractivity contribution in [1.82, 2.24) is 4.90 Å². The van der Waals surface area contributed by atoms with Crippen LogP contribution in [0.2, 0.25) is 0 Å². The Morgan fingerprint density at radius 1 is 0.929 bits per heavy atom. The second kappa shape index (κ2) is 10.5. The second-order valence-corrected chi connectivity index (χ2v) is 8.26. The van der Waals surface area contributed by atoms with Gasteiger partial charge in [0.15, 0.2) is 0 Å². The molecule has 2 aliphatic heterocycles. The molecule has 4 nitrogen and oxygen atoms in total. The molecule has 0 radical (unpaired) electrons. The molecule has 0 amide bonds. The molecule has 1 saturated heterocycles. The molecule has 28 heavy (non-hydrogen) atoms. The van der Waals surface area contributed by atoms with Gasteiger partial charge in [-0.3, -0.25) is 0 Å². The molecule has 0 aromatic heterocycles. The molecule has 2 aromatic rings. The maximum absolute atomic E-state index is 8.89. The molecule has 0 saturated carbocycles. The Labute approximate surface area is 178 Å². The molecule has 6 heteroatoms. The highest BCUT2D eigenvalue weighted by atomic mass is 35.5. The number of hydrogen-bond donors (Lipinski definition) is 1. The summed E-state index contributed by atoms with van der Waals surface area (Å²) in [4.78, 5) is 7.73. The minimum absolute atomic E-state index is 0. The lowest BCUT2D eigenvalue weighted by Gasteiger charge is -2.35. The van der Waals surface area contributed by atoms with E-state index in [2.05, 4.69) is 58.3 Å². The van der Waals surface area contributed by atoms with Gasteiger partial charge in [-0.25, -0.2) is 0 Å². The van der Waals surface area contributed by atoms with Crippen molar-refractivity contribution in [3.8, 4) is 0 Å². The monoisotopic (exact) mass is 420 g/mol. The number of para-hydroxylation sites is 2. The zero-order valence-electron chi connectivity index (χ0n) is 16.1. The number of halogens is 1. The number of rotatable bonds is 7. The fourth-order valence-electron chi connectivity index (χ4n) is 3.99. The van der Waals surface area contributed by atoms with Crippen LogP contribution in [0.15, 0.2) is 58.3 Å². The third-order valence-corrected chi connectivity index (χ3v) is 6.50. The van der Waals surface area contributed by atoms with Gasteiger partial charge in [0.05, 0.1) is 30.7 Å². The van der Waals surface area contributed by atoms with Crippen LogP contribution in [-0.2, 0) is 4.74 Å². The number of likely N-dealkylation sites (tertiary alicyclic amines) is 1. The number of aliphatic hydroxyl groups is 1. The molecule has 2 aromatic carbocycles. The molecule has 4 rings (SSSR count). The number of piperidine rings is 1. The Bertz CT molecular complexity index is 707. The van der Waals surface area contributed by atoms with Crippen molar-refractivity contribution in [1.29, 1.82) is 0 Å². The first-order chi connectivity index (χ1) is 13.3. The summed E-state index contributed by atoms with van der Waals surface area (Å²) in [5.41, 5.74) is 2.66. The SMILES string of the molecule is Cl.OCCOC1CCN(CCCN2c3ccccc3Sc3ccccc32)CC1. The van der Waals surface area contributed by atoms with Gasteiger partial charge in [0.2, 0.25) is 0 Å². The first-order valence-corrected chi connectivity index (χ1v) is 10.7. The van der Waals surface area contributed by atoms with E-state index in [1.807, 2.05) is 11.8 Å². The van der Waals surface area contributed by atoms with E-state index in [1.54, 1.807) is 0 Å². The molecular weight excluding hydrogens is 392 g/mol. The summed E-state index contributed by atoms with van der Waals surface area (Å²) < 4.78 is 5.67. The maximum Gasteiger partial charge on any atom is 0.0701 e. The van der Waals surface area contributed by atoms with E-state index in [0.717, 1.165) is 45.4 Å². The zero-order valence-corrected chi connectivity index (χ0v) is 17.8. The van der Waals surface area contributed by atoms with E-state index in [4.69, 9.17) is 9.84 Å². The van der Waals surface area contributed by atoms with Crippen molar-refractivity contribution in [2.45, 2.75) is 35.2 Å². The van der Waals surface area contributed by atoms with E-state index >= 15 is 0 Å². The molecule has 0 aliphatic carbocycles. The highest BCUT2D eigenvalue weighted by molar-refractivity contribution is 7.99. The summed E-state index contributed by atoms with van der Waals surface area (Å²) in [6.45, 7) is 4.95. The molecule has 1 fully saturated rings. The smallest absolute Gasteiger partial charge is 0.0701 e. The van der Waals surface area contributed by atoms with Crippen molar-refractivity contribution in [2.24, 2.45) is 0 Å². The summed E-state index contributed by atoms with van der Waals surface area (Å²) >= 11 is 1.87. The van der Waals surface area contributed by atoms with Gasteiger partial charge in [-0.1, -0.05) is 36.0 Å². The number of hydrogen-bond acceptors (Lipinski definition) is 5. The van der Waals surface area contributed by atoms with Crippen LogP contribution in [0.25, 0.3) is 0 Å². The third kappa shape index (κ3) is 5.02. The van der Waals surface area contributed by atoms with Crippen LogP contribution in [-0.4, -0.2) is 55.5 Å². The zero-order chi connectivity index (χ0) is 18.5. The molecular formula is C22H29ClN2O2S. The van der Waals surface area contributed by atoms with Gasteiger partial charge >= 0.3 is 0 Å². The van der Waals surface area contributed by atoms with E-state index in [1.165, 1.54) is 21.2 Å². The highest BCUT2D eigenvalue weighted by Gasteiger charge is 2.23. The van der Waals surface area contributed by atoms with Gasteiger partial charge in [0.25, 0.3) is 0 Å². The molecule has 0 bridgehead atoms. The summed E-state index contributed by atoms with van der Waals surface area (Å²) in [6, 6.07) is 17.4. The average Bonchev–Trinajstić information content (AvgIpc) is 2.72. The maximum atomic E-state index is 8.89. The van der Waals surface area contributed by atoms with E-state index in [0.29, 0.717) is 12.7 Å². The van der Waals surface area contributed by atoms with Gasteiger partial charge in [0, 0.05) is 29.4 Å². The molecule has 0 unspecified atom stereocenters. The number of nitrogens with zero attached hydrogens (tertiary/aromatic N) is 2. The van der Waals surface area contributed by atoms with Crippen molar-refractivity contribution in [2.75, 3.05) is 44.3 Å². The Morgan fingerprint density at radius 3 is 2.14 bits per heavy atom. The lowest BCUT2D eigenvalue weighted by molar-refractivity contribution is -0.00770. The van der Waals surface area contributed by atoms with Crippen LogP contribution in [0.5, 0.6) is 0 Å². The lowest BCUT2D eigenvalue weighted by Crippen LogP contribution is -2.38. The quantitative estimate of drug-likeness (QED) is 0.709. The van der Waals surface area contributed by atoms with Crippen LogP contribution in [0, 0.1) is 0 Å². The fraction of sp³-hybridized carbons (Fsp3) is 0.455. The number of ether oxygens (including phenoxy) is 1. The molecule has 152 valence electrons. The van der Waals surface area contributed by atoms with Crippen LogP contribution in [0.1, 0.15) is 19.3 Å². The number of aliphatic hydroxyl groups excluding tert-OH is 1. The first kappa shape index (κ1) is 21.5. The third-order valence-electron chi connectivity index (χ3n) is 5.37. The Morgan fingerprint density at radius 2 is 1.54 bits per heavy atom. The van der Waals surface area contributed by atoms with Gasteiger partial charge in [-0.05, 0) is 50.1 Å². The summed E-state index contributed by atoms with van der Waals surface area (Å²) in [6.07, 6.45) is 3.62. The second-order valence-electron chi connectivity index (χ2n) is 7.18. The van der Waals surface area contributed by atoms with Crippen molar-refractivity contribution < 1.29 is 9.84 Å². The normalized spacial score (nSPS) is 17.0. The van der Waals surface area contributed by atoms with Crippen LogP contribution >= 0.6 is 24.2 Å². The minimum Gasteiger partial charge on any atom is -0.394 e. The first-order valence-electron chi connectivity index (χ1n) is 9.93. The van der Waals surface area contributed by atoms with Crippen LogP contribution < -0.4 is 4.90 Å². The van der Waals surface area contributed by atoms with Crippen molar-refractivity contribution in [3.05, 3.63) is 48.5 Å². The average molecular weight is 421 g/mol. The number of anilines is 2. The molecule has 2 heterocycles. The summed E-state index contributed by atoms with van der Waals surface area (Å²) in [7, 11) is 0. The summed E-state index contributed by atoms with van der Waals surface area (Å²) in [5, 5.41) is 8.89. The Kier molecular flexibility index (Phi) is 8.06. The Balaban J connectivity index is 0.00000225. The lowest BCUT2D eigenvalue weighted by atomic mass is 10.1. The van der Waals surface area contributed by atoms with Gasteiger partial charge in [0.1, 0.15) is 0 Å². The largest absolute Gasteiger partial charge is 0.394 e. The van der Waals surface area contributed by atoms with E-state index < -0.39 is 0 Å². The predicted molar refractivity (Wildman–Crippen MR) is 118 cm³/mol. The molecule has 2 aliphatic rings. The number of fused-ring (bicyclic) bond motifs is 2. The molecule has 1 N–H and O–H groups in total. The van der Waals surface area contributed by atoms with Crippen molar-refractivity contribution in [3.63, 3.8) is 0 Å². The predicted octanol–water partition coefficient (Wildman–Crippen LogP) is 4.57. The minimum atomic E-state index is 0. The molecule has 0 atom stereocenters.